The monoisotopic (exact) mass is 241 g/mol. The zero-order valence-electron chi connectivity index (χ0n) is 11.6. The van der Waals surface area contributed by atoms with Crippen LogP contribution < -0.4 is 5.32 Å². The van der Waals surface area contributed by atoms with Crippen LogP contribution in [0.1, 0.15) is 59.3 Å². The summed E-state index contributed by atoms with van der Waals surface area (Å²) in [6.45, 7) is 7.72. The van der Waals surface area contributed by atoms with Gasteiger partial charge in [0, 0.05) is 12.6 Å². The van der Waals surface area contributed by atoms with Gasteiger partial charge in [0.1, 0.15) is 0 Å². The van der Waals surface area contributed by atoms with Gasteiger partial charge in [-0.15, -0.1) is 0 Å². The Labute approximate surface area is 105 Å². The first-order valence-electron chi connectivity index (χ1n) is 7.01. The lowest BCUT2D eigenvalue weighted by Crippen LogP contribution is -2.38. The first-order chi connectivity index (χ1) is 8.12. The molecule has 1 aliphatic carbocycles. The van der Waals surface area contributed by atoms with Crippen LogP contribution in [-0.4, -0.2) is 25.2 Å². The smallest absolute Gasteiger partial charge is 0.307 e. The zero-order valence-corrected chi connectivity index (χ0v) is 11.6. The Morgan fingerprint density at radius 2 is 2.00 bits per heavy atom. The van der Waals surface area contributed by atoms with E-state index in [1.165, 1.54) is 32.1 Å². The largest absolute Gasteiger partial charge is 0.466 e. The second-order valence-corrected chi connectivity index (χ2v) is 5.35. The summed E-state index contributed by atoms with van der Waals surface area (Å²) in [7, 11) is 0. The lowest BCUT2D eigenvalue weighted by atomic mass is 9.83. The van der Waals surface area contributed by atoms with Crippen molar-refractivity contribution >= 4 is 5.97 Å². The Morgan fingerprint density at radius 1 is 1.35 bits per heavy atom. The molecule has 0 heterocycles. The number of hydrogen-bond acceptors (Lipinski definition) is 3. The maximum atomic E-state index is 11.3. The average molecular weight is 241 g/mol. The summed E-state index contributed by atoms with van der Waals surface area (Å²) in [6, 6.07) is 0.220. The molecule has 3 nitrogen and oxygen atoms in total. The van der Waals surface area contributed by atoms with E-state index < -0.39 is 0 Å². The summed E-state index contributed by atoms with van der Waals surface area (Å²) in [4.78, 5) is 11.3. The highest BCUT2D eigenvalue weighted by molar-refractivity contribution is 5.69. The van der Waals surface area contributed by atoms with Crippen LogP contribution in [0.25, 0.3) is 0 Å². The maximum Gasteiger partial charge on any atom is 0.307 e. The number of rotatable bonds is 7. The van der Waals surface area contributed by atoms with Crippen LogP contribution in [0.2, 0.25) is 0 Å². The van der Waals surface area contributed by atoms with Crippen molar-refractivity contribution in [2.45, 2.75) is 65.3 Å². The Balaban J connectivity index is 2.26. The van der Waals surface area contributed by atoms with Crippen LogP contribution in [0.3, 0.4) is 0 Å². The first kappa shape index (κ1) is 14.5. The molecule has 0 aliphatic heterocycles. The number of nitrogens with one attached hydrogen (secondary N) is 1. The van der Waals surface area contributed by atoms with Gasteiger partial charge < -0.3 is 10.1 Å². The second-order valence-electron chi connectivity index (χ2n) is 5.35. The molecule has 3 heteroatoms. The zero-order chi connectivity index (χ0) is 12.7. The number of carbonyl (C=O) groups excluding carboxylic acids is 1. The lowest BCUT2D eigenvalue weighted by Gasteiger charge is -2.29. The number of esters is 1. The van der Waals surface area contributed by atoms with Crippen LogP contribution in [0.15, 0.2) is 0 Å². The third-order valence-electron chi connectivity index (χ3n) is 4.02. The molecule has 0 saturated heterocycles. The molecule has 1 rings (SSSR count). The van der Waals surface area contributed by atoms with E-state index in [1.807, 2.05) is 6.92 Å². The van der Waals surface area contributed by atoms with E-state index in [0.717, 1.165) is 6.54 Å². The summed E-state index contributed by atoms with van der Waals surface area (Å²) in [5.74, 6) is -0.0931. The molecule has 0 radical (unpaired) electrons. The first-order valence-corrected chi connectivity index (χ1v) is 7.01. The molecule has 100 valence electrons. The molecule has 0 spiro atoms. The van der Waals surface area contributed by atoms with Crippen molar-refractivity contribution in [1.82, 2.24) is 5.32 Å². The Bertz CT molecular complexity index is 234. The molecular formula is C14H27NO2. The van der Waals surface area contributed by atoms with Crippen molar-refractivity contribution in [3.05, 3.63) is 0 Å². The van der Waals surface area contributed by atoms with Crippen molar-refractivity contribution in [2.75, 3.05) is 13.2 Å². The molecule has 0 bridgehead atoms. The van der Waals surface area contributed by atoms with Gasteiger partial charge in [-0.05, 0) is 38.5 Å². The third kappa shape index (κ3) is 4.66. The van der Waals surface area contributed by atoms with E-state index >= 15 is 0 Å². The average Bonchev–Trinajstić information content (AvgIpc) is 2.76. The lowest BCUT2D eigenvalue weighted by molar-refractivity contribution is -0.143. The molecule has 1 aliphatic rings. The van der Waals surface area contributed by atoms with Crippen molar-refractivity contribution in [2.24, 2.45) is 5.41 Å². The fourth-order valence-electron chi connectivity index (χ4n) is 2.71. The molecule has 1 saturated carbocycles. The van der Waals surface area contributed by atoms with Gasteiger partial charge >= 0.3 is 5.97 Å². The van der Waals surface area contributed by atoms with Crippen molar-refractivity contribution in [3.8, 4) is 0 Å². The van der Waals surface area contributed by atoms with E-state index in [4.69, 9.17) is 4.74 Å². The fraction of sp³-hybridized carbons (Fsp3) is 0.929. The summed E-state index contributed by atoms with van der Waals surface area (Å²) < 4.78 is 4.96. The molecule has 1 unspecified atom stereocenters. The van der Waals surface area contributed by atoms with Crippen LogP contribution >= 0.6 is 0 Å². The third-order valence-corrected chi connectivity index (χ3v) is 4.02. The number of hydrogen-bond donors (Lipinski definition) is 1. The number of carbonyl (C=O) groups is 1. The second kappa shape index (κ2) is 7.00. The van der Waals surface area contributed by atoms with Crippen molar-refractivity contribution < 1.29 is 9.53 Å². The van der Waals surface area contributed by atoms with Gasteiger partial charge in [-0.1, -0.05) is 19.8 Å². The van der Waals surface area contributed by atoms with E-state index in [-0.39, 0.29) is 12.0 Å². The van der Waals surface area contributed by atoms with Gasteiger partial charge in [0.05, 0.1) is 13.0 Å². The Hall–Kier alpha value is -0.570. The Kier molecular flexibility index (Phi) is 5.96. The van der Waals surface area contributed by atoms with Gasteiger partial charge in [-0.3, -0.25) is 4.79 Å². The summed E-state index contributed by atoms with van der Waals surface area (Å²) >= 11 is 0. The molecular weight excluding hydrogens is 214 g/mol. The Morgan fingerprint density at radius 3 is 2.53 bits per heavy atom. The standard InChI is InChI=1S/C14H27NO2/c1-4-14(8-6-7-9-14)11-15-12(3)10-13(16)17-5-2/h12,15H,4-11H2,1-3H3. The van der Waals surface area contributed by atoms with Gasteiger partial charge in [0.15, 0.2) is 0 Å². The van der Waals surface area contributed by atoms with Crippen LogP contribution in [-0.2, 0) is 9.53 Å². The van der Waals surface area contributed by atoms with Crippen LogP contribution in [0.5, 0.6) is 0 Å². The van der Waals surface area contributed by atoms with E-state index in [9.17, 15) is 4.79 Å². The van der Waals surface area contributed by atoms with E-state index in [2.05, 4.69) is 19.2 Å². The maximum absolute atomic E-state index is 11.3. The molecule has 1 N–H and O–H groups in total. The van der Waals surface area contributed by atoms with E-state index in [1.54, 1.807) is 0 Å². The van der Waals surface area contributed by atoms with Gasteiger partial charge in [0.2, 0.25) is 0 Å². The quantitative estimate of drug-likeness (QED) is 0.697. The SMILES string of the molecule is CCOC(=O)CC(C)NCC1(CC)CCCC1. The molecule has 1 fully saturated rings. The van der Waals surface area contributed by atoms with Gasteiger partial charge in [-0.25, -0.2) is 0 Å². The van der Waals surface area contributed by atoms with Crippen LogP contribution in [0.4, 0.5) is 0 Å². The molecule has 1 atom stereocenters. The minimum Gasteiger partial charge on any atom is -0.466 e. The molecule has 0 aromatic heterocycles. The predicted octanol–water partition coefficient (Wildman–Crippen LogP) is 2.89. The summed E-state index contributed by atoms with van der Waals surface area (Å²) in [5, 5.41) is 3.50. The van der Waals surface area contributed by atoms with E-state index in [0.29, 0.717) is 18.4 Å². The van der Waals surface area contributed by atoms with Gasteiger partial charge in [0.25, 0.3) is 0 Å². The minimum atomic E-state index is -0.0931. The summed E-state index contributed by atoms with van der Waals surface area (Å²) in [6.07, 6.45) is 7.12. The molecule has 0 aromatic carbocycles. The highest BCUT2D eigenvalue weighted by atomic mass is 16.5. The molecule has 17 heavy (non-hydrogen) atoms. The number of ether oxygens (including phenoxy) is 1. The van der Waals surface area contributed by atoms with Crippen molar-refractivity contribution in [3.63, 3.8) is 0 Å². The summed E-state index contributed by atoms with van der Waals surface area (Å²) in [5.41, 5.74) is 0.489. The normalized spacial score (nSPS) is 20.2. The van der Waals surface area contributed by atoms with Gasteiger partial charge in [-0.2, -0.15) is 0 Å². The molecule has 0 aromatic rings. The molecule has 0 amide bonds. The predicted molar refractivity (Wildman–Crippen MR) is 69.9 cm³/mol. The van der Waals surface area contributed by atoms with Crippen molar-refractivity contribution in [1.29, 1.82) is 0 Å². The fourth-order valence-corrected chi connectivity index (χ4v) is 2.71. The highest BCUT2D eigenvalue weighted by Gasteiger charge is 2.31. The topological polar surface area (TPSA) is 38.3 Å². The highest BCUT2D eigenvalue weighted by Crippen LogP contribution is 2.40. The van der Waals surface area contributed by atoms with Crippen LogP contribution in [0, 0.1) is 5.41 Å². The minimum absolute atomic E-state index is 0.0931.